The molecule has 0 aliphatic heterocycles. The molecule has 0 saturated carbocycles. The highest BCUT2D eigenvalue weighted by atomic mass is 32.5. The fourth-order valence-corrected chi connectivity index (χ4v) is 2.61. The Morgan fingerprint density at radius 1 is 0.885 bits per heavy atom. The highest BCUT2D eigenvalue weighted by molar-refractivity contribution is 8.45. The van der Waals surface area contributed by atoms with E-state index in [1.807, 2.05) is 0 Å². The van der Waals surface area contributed by atoms with Crippen LogP contribution in [0.25, 0.3) is 0 Å². The third kappa shape index (κ3) is 5.28. The Morgan fingerprint density at radius 3 is 1.92 bits per heavy atom. The Labute approximate surface area is 143 Å². The first-order chi connectivity index (χ1) is 11.5. The summed E-state index contributed by atoms with van der Waals surface area (Å²) in [6.45, 7) is 0.673. The molecule has 2 rings (SSSR count). The fourth-order valence-electron chi connectivity index (χ4n) is 1.96. The molecule has 0 aliphatic rings. The van der Waals surface area contributed by atoms with Gasteiger partial charge in [-0.3, -0.25) is 0 Å². The Morgan fingerprint density at radius 2 is 1.42 bits per heavy atom. The zero-order valence-electron chi connectivity index (χ0n) is 13.1. The second-order valence-electron chi connectivity index (χ2n) is 5.54. The number of amides is 2. The SMILES string of the molecule is CC(F)(F)c1cccc(NC(=O)Nc2ccc(S(F)(F)(F)(F)F)cc2)c1. The van der Waals surface area contributed by atoms with Crippen molar-refractivity contribution in [2.75, 3.05) is 10.6 Å². The summed E-state index contributed by atoms with van der Waals surface area (Å²) in [5, 5.41) is 4.33. The van der Waals surface area contributed by atoms with Crippen molar-refractivity contribution in [3.05, 3.63) is 54.1 Å². The first-order valence-corrected chi connectivity index (χ1v) is 8.90. The monoisotopic (exact) mass is 402 g/mol. The van der Waals surface area contributed by atoms with Crippen molar-refractivity contribution in [3.63, 3.8) is 0 Å². The van der Waals surface area contributed by atoms with Gasteiger partial charge in [0.15, 0.2) is 0 Å². The van der Waals surface area contributed by atoms with Crippen molar-refractivity contribution in [1.29, 1.82) is 0 Å². The van der Waals surface area contributed by atoms with Crippen molar-refractivity contribution in [2.24, 2.45) is 0 Å². The summed E-state index contributed by atoms with van der Waals surface area (Å²) < 4.78 is 89.5. The maximum absolute atomic E-state index is 13.2. The molecule has 2 aromatic carbocycles. The largest absolute Gasteiger partial charge is 0.323 e. The van der Waals surface area contributed by atoms with Crippen LogP contribution in [0.4, 0.5) is 44.4 Å². The molecule has 2 N–H and O–H groups in total. The molecule has 0 heterocycles. The van der Waals surface area contributed by atoms with Crippen molar-refractivity contribution in [3.8, 4) is 0 Å². The van der Waals surface area contributed by atoms with Crippen molar-refractivity contribution < 1.29 is 33.0 Å². The van der Waals surface area contributed by atoms with Crippen LogP contribution in [0.15, 0.2) is 53.4 Å². The number of rotatable bonds is 4. The minimum Gasteiger partial charge on any atom is -0.308 e. The maximum atomic E-state index is 13.2. The maximum Gasteiger partial charge on any atom is 0.323 e. The molecule has 0 unspecified atom stereocenters. The van der Waals surface area contributed by atoms with Gasteiger partial charge in [0.25, 0.3) is 5.92 Å². The van der Waals surface area contributed by atoms with Crippen LogP contribution in [0.1, 0.15) is 12.5 Å². The third-order valence-corrected chi connectivity index (χ3v) is 4.35. The molecular weight excluding hydrogens is 389 g/mol. The normalized spacial score (nSPS) is 14.9. The number of alkyl halides is 2. The van der Waals surface area contributed by atoms with E-state index in [0.717, 1.165) is 12.1 Å². The van der Waals surface area contributed by atoms with Gasteiger partial charge in [0.05, 0.1) is 0 Å². The first kappa shape index (κ1) is 19.9. The summed E-state index contributed by atoms with van der Waals surface area (Å²) in [7, 11) is -9.79. The van der Waals surface area contributed by atoms with Gasteiger partial charge in [0, 0.05) is 23.9 Å². The Hall–Kier alpha value is -2.43. The number of nitrogens with one attached hydrogen (secondary N) is 2. The van der Waals surface area contributed by atoms with Gasteiger partial charge in [-0.2, -0.15) is 0 Å². The molecule has 0 atom stereocenters. The number of hydrogen-bond donors (Lipinski definition) is 2. The topological polar surface area (TPSA) is 41.1 Å². The van der Waals surface area contributed by atoms with E-state index < -0.39 is 27.1 Å². The van der Waals surface area contributed by atoms with Gasteiger partial charge in [-0.15, -0.1) is 0 Å². The van der Waals surface area contributed by atoms with Crippen LogP contribution >= 0.6 is 10.2 Å². The fraction of sp³-hybridized carbons (Fsp3) is 0.133. The number of anilines is 2. The lowest BCUT2D eigenvalue weighted by atomic mass is 10.1. The minimum atomic E-state index is -9.79. The van der Waals surface area contributed by atoms with Crippen LogP contribution in [0, 0.1) is 0 Å². The average molecular weight is 402 g/mol. The summed E-state index contributed by atoms with van der Waals surface area (Å²) >= 11 is 0. The van der Waals surface area contributed by atoms with E-state index in [9.17, 15) is 33.0 Å². The van der Waals surface area contributed by atoms with E-state index in [2.05, 4.69) is 10.6 Å². The van der Waals surface area contributed by atoms with Crippen molar-refractivity contribution in [2.45, 2.75) is 17.7 Å². The smallest absolute Gasteiger partial charge is 0.308 e. The standard InChI is InChI=1S/C15H13F7N2OS/c1-15(16,17)10-3-2-4-12(9-10)24-14(25)23-11-5-7-13(8-6-11)26(18,19,20,21)22/h2-9H,1H3,(H2,23,24,25). The number of carbonyl (C=O) groups excluding carboxylic acids is 1. The number of benzene rings is 2. The zero-order valence-corrected chi connectivity index (χ0v) is 13.9. The second-order valence-corrected chi connectivity index (χ2v) is 7.95. The lowest BCUT2D eigenvalue weighted by molar-refractivity contribution is 0.0175. The first-order valence-electron chi connectivity index (χ1n) is 6.95. The van der Waals surface area contributed by atoms with Gasteiger partial charge < -0.3 is 10.6 Å². The second kappa shape index (κ2) is 5.53. The van der Waals surface area contributed by atoms with E-state index in [1.165, 1.54) is 12.1 Å². The van der Waals surface area contributed by atoms with Crippen LogP contribution in [0.3, 0.4) is 0 Å². The van der Waals surface area contributed by atoms with Gasteiger partial charge in [-0.25, -0.2) is 13.6 Å². The average Bonchev–Trinajstić information content (AvgIpc) is 2.44. The van der Waals surface area contributed by atoms with Crippen LogP contribution in [0.2, 0.25) is 0 Å². The van der Waals surface area contributed by atoms with E-state index in [0.29, 0.717) is 19.1 Å². The number of hydrogen-bond acceptors (Lipinski definition) is 1. The van der Waals surface area contributed by atoms with E-state index in [4.69, 9.17) is 0 Å². The third-order valence-electron chi connectivity index (χ3n) is 3.18. The van der Waals surface area contributed by atoms with Crippen LogP contribution < -0.4 is 10.6 Å². The molecule has 0 aliphatic carbocycles. The Bertz CT molecular complexity index is 830. The molecule has 0 saturated heterocycles. The molecule has 0 radical (unpaired) electrons. The predicted octanol–water partition coefficient (Wildman–Crippen LogP) is 7.10. The molecule has 3 nitrogen and oxygen atoms in total. The van der Waals surface area contributed by atoms with Gasteiger partial charge in [-0.05, 0) is 36.4 Å². The van der Waals surface area contributed by atoms with E-state index in [-0.39, 0.29) is 29.1 Å². The summed E-state index contributed by atoms with van der Waals surface area (Å²) in [5.74, 6) is -3.13. The summed E-state index contributed by atoms with van der Waals surface area (Å²) in [4.78, 5) is 9.69. The van der Waals surface area contributed by atoms with Gasteiger partial charge in [-0.1, -0.05) is 31.6 Å². The molecule has 0 bridgehead atoms. The molecule has 144 valence electrons. The zero-order chi connectivity index (χ0) is 19.9. The number of halogens is 7. The molecule has 11 heteroatoms. The summed E-state index contributed by atoms with van der Waals surface area (Å²) in [6.07, 6.45) is 0. The van der Waals surface area contributed by atoms with Gasteiger partial charge >= 0.3 is 16.3 Å². The number of carbonyl (C=O) groups is 1. The molecule has 2 amide bonds. The summed E-state index contributed by atoms with van der Waals surface area (Å²) in [6, 6.07) is 5.45. The molecular formula is C15H13F7N2OS. The Kier molecular flexibility index (Phi) is 4.23. The quantitative estimate of drug-likeness (QED) is 0.526. The number of urea groups is 1. The summed E-state index contributed by atoms with van der Waals surface area (Å²) in [5.41, 5.74) is -0.522. The molecule has 0 aromatic heterocycles. The van der Waals surface area contributed by atoms with E-state index in [1.54, 1.807) is 0 Å². The molecule has 0 fully saturated rings. The van der Waals surface area contributed by atoms with Crippen molar-refractivity contribution >= 4 is 27.6 Å². The highest BCUT2D eigenvalue weighted by Gasteiger charge is 2.65. The lowest BCUT2D eigenvalue weighted by Crippen LogP contribution is -2.20. The van der Waals surface area contributed by atoms with Crippen LogP contribution in [-0.2, 0) is 5.92 Å². The Balaban J connectivity index is 2.10. The van der Waals surface area contributed by atoms with Gasteiger partial charge in [0.1, 0.15) is 4.90 Å². The highest BCUT2D eigenvalue weighted by Crippen LogP contribution is 3.02. The molecule has 2 aromatic rings. The molecule has 26 heavy (non-hydrogen) atoms. The lowest BCUT2D eigenvalue weighted by Gasteiger charge is -2.40. The van der Waals surface area contributed by atoms with Crippen LogP contribution in [-0.4, -0.2) is 6.03 Å². The molecule has 0 spiro atoms. The van der Waals surface area contributed by atoms with Crippen molar-refractivity contribution in [1.82, 2.24) is 0 Å². The van der Waals surface area contributed by atoms with E-state index >= 15 is 0 Å². The minimum absolute atomic E-state index is 0.0187. The van der Waals surface area contributed by atoms with Gasteiger partial charge in [0.2, 0.25) is 0 Å². The predicted molar refractivity (Wildman–Crippen MR) is 86.5 cm³/mol. The van der Waals surface area contributed by atoms with Crippen LogP contribution in [0.5, 0.6) is 0 Å².